The Bertz CT molecular complexity index is 796. The molecule has 0 saturated carbocycles. The van der Waals surface area contributed by atoms with E-state index in [1.165, 1.54) is 11.3 Å². The van der Waals surface area contributed by atoms with E-state index in [1.54, 1.807) is 7.11 Å². The van der Waals surface area contributed by atoms with Crippen LogP contribution in [0.3, 0.4) is 0 Å². The third-order valence-electron chi connectivity index (χ3n) is 5.12. The number of hydrogen-bond acceptors (Lipinski definition) is 4. The first-order valence-electron chi connectivity index (χ1n) is 10.2. The lowest BCUT2D eigenvalue weighted by Crippen LogP contribution is -2.39. The summed E-state index contributed by atoms with van der Waals surface area (Å²) in [6.45, 7) is 5.85. The standard InChI is InChI=1S/C23H31N3O3/c1-18-6-3-9-22(14-18)29-13-5-11-24-23(27)25-16-19-10-12-26(17-19)20-7-4-8-21(15-20)28-2/h3-4,6-9,14-15,19H,5,10-13,16-17H2,1-2H3,(H2,24,25,27). The van der Waals surface area contributed by atoms with Crippen molar-refractivity contribution in [3.05, 3.63) is 54.1 Å². The molecule has 1 atom stereocenters. The van der Waals surface area contributed by atoms with Gasteiger partial charge in [0, 0.05) is 37.9 Å². The molecule has 2 amide bonds. The molecule has 6 heteroatoms. The summed E-state index contributed by atoms with van der Waals surface area (Å²) in [6, 6.07) is 16.0. The molecule has 29 heavy (non-hydrogen) atoms. The number of aryl methyl sites for hydroxylation is 1. The van der Waals surface area contributed by atoms with Crippen LogP contribution in [-0.4, -0.2) is 45.9 Å². The Labute approximate surface area is 173 Å². The average Bonchev–Trinajstić information content (AvgIpc) is 3.21. The van der Waals surface area contributed by atoms with Gasteiger partial charge in [0.15, 0.2) is 0 Å². The summed E-state index contributed by atoms with van der Waals surface area (Å²) in [7, 11) is 1.68. The van der Waals surface area contributed by atoms with Gasteiger partial charge in [-0.15, -0.1) is 0 Å². The highest BCUT2D eigenvalue weighted by molar-refractivity contribution is 5.73. The number of urea groups is 1. The number of ether oxygens (including phenoxy) is 2. The molecule has 2 aromatic rings. The Morgan fingerprint density at radius 3 is 2.79 bits per heavy atom. The van der Waals surface area contributed by atoms with Crippen LogP contribution in [0.5, 0.6) is 11.5 Å². The van der Waals surface area contributed by atoms with Gasteiger partial charge < -0.3 is 25.0 Å². The molecule has 2 aromatic carbocycles. The van der Waals surface area contributed by atoms with E-state index >= 15 is 0 Å². The van der Waals surface area contributed by atoms with Gasteiger partial charge >= 0.3 is 6.03 Å². The summed E-state index contributed by atoms with van der Waals surface area (Å²) in [6.07, 6.45) is 1.84. The first-order valence-corrected chi connectivity index (χ1v) is 10.2. The molecule has 2 N–H and O–H groups in total. The van der Waals surface area contributed by atoms with E-state index in [1.807, 2.05) is 43.3 Å². The van der Waals surface area contributed by atoms with Gasteiger partial charge in [0.25, 0.3) is 0 Å². The second kappa shape index (κ2) is 10.6. The number of rotatable bonds is 9. The van der Waals surface area contributed by atoms with Crippen LogP contribution in [0.4, 0.5) is 10.5 Å². The Morgan fingerprint density at radius 2 is 1.97 bits per heavy atom. The molecule has 1 heterocycles. The number of benzene rings is 2. The Hall–Kier alpha value is -2.89. The molecule has 1 aliphatic rings. The zero-order valence-electron chi connectivity index (χ0n) is 17.3. The van der Waals surface area contributed by atoms with Crippen LogP contribution in [-0.2, 0) is 0 Å². The highest BCUT2D eigenvalue weighted by atomic mass is 16.5. The van der Waals surface area contributed by atoms with E-state index in [0.717, 1.165) is 37.4 Å². The minimum Gasteiger partial charge on any atom is -0.497 e. The van der Waals surface area contributed by atoms with Gasteiger partial charge in [0.1, 0.15) is 11.5 Å². The third kappa shape index (κ3) is 6.59. The summed E-state index contributed by atoms with van der Waals surface area (Å²) in [5.41, 5.74) is 2.35. The molecule has 1 unspecified atom stereocenters. The Balaban J connectivity index is 1.29. The van der Waals surface area contributed by atoms with E-state index in [4.69, 9.17) is 9.47 Å². The number of carbonyl (C=O) groups is 1. The number of nitrogens with one attached hydrogen (secondary N) is 2. The van der Waals surface area contributed by atoms with Crippen molar-refractivity contribution in [2.75, 3.05) is 44.8 Å². The first kappa shape index (κ1) is 20.8. The highest BCUT2D eigenvalue weighted by Crippen LogP contribution is 2.26. The molecule has 0 bridgehead atoms. The fourth-order valence-electron chi connectivity index (χ4n) is 3.51. The van der Waals surface area contributed by atoms with Crippen molar-refractivity contribution in [1.29, 1.82) is 0 Å². The Morgan fingerprint density at radius 1 is 1.14 bits per heavy atom. The van der Waals surface area contributed by atoms with Crippen LogP contribution < -0.4 is 25.0 Å². The van der Waals surface area contributed by atoms with Crippen molar-refractivity contribution in [2.45, 2.75) is 19.8 Å². The summed E-state index contributed by atoms with van der Waals surface area (Å²) < 4.78 is 11.0. The number of hydrogen-bond donors (Lipinski definition) is 2. The zero-order valence-corrected chi connectivity index (χ0v) is 17.3. The number of methoxy groups -OCH3 is 1. The van der Waals surface area contributed by atoms with E-state index in [2.05, 4.69) is 27.7 Å². The van der Waals surface area contributed by atoms with Gasteiger partial charge in [-0.3, -0.25) is 0 Å². The monoisotopic (exact) mass is 397 g/mol. The van der Waals surface area contributed by atoms with E-state index in [9.17, 15) is 4.79 Å². The lowest BCUT2D eigenvalue weighted by Gasteiger charge is -2.19. The molecule has 1 fully saturated rings. The smallest absolute Gasteiger partial charge is 0.314 e. The lowest BCUT2D eigenvalue weighted by atomic mass is 10.1. The molecular formula is C23H31N3O3. The van der Waals surface area contributed by atoms with E-state index < -0.39 is 0 Å². The highest BCUT2D eigenvalue weighted by Gasteiger charge is 2.23. The molecule has 3 rings (SSSR count). The summed E-state index contributed by atoms with van der Waals surface area (Å²) in [4.78, 5) is 14.4. The van der Waals surface area contributed by atoms with Crippen molar-refractivity contribution in [3.63, 3.8) is 0 Å². The first-order chi connectivity index (χ1) is 14.1. The van der Waals surface area contributed by atoms with Crippen LogP contribution in [0.25, 0.3) is 0 Å². The molecule has 1 saturated heterocycles. The molecule has 0 aromatic heterocycles. The molecule has 0 radical (unpaired) electrons. The van der Waals surface area contributed by atoms with Gasteiger partial charge in [0.05, 0.1) is 13.7 Å². The van der Waals surface area contributed by atoms with Gasteiger partial charge in [0.2, 0.25) is 0 Å². The lowest BCUT2D eigenvalue weighted by molar-refractivity contribution is 0.237. The average molecular weight is 398 g/mol. The number of amides is 2. The maximum atomic E-state index is 12.0. The van der Waals surface area contributed by atoms with Crippen molar-refractivity contribution in [1.82, 2.24) is 10.6 Å². The molecule has 156 valence electrons. The third-order valence-corrected chi connectivity index (χ3v) is 5.12. The van der Waals surface area contributed by atoms with Crippen molar-refractivity contribution in [2.24, 2.45) is 5.92 Å². The summed E-state index contributed by atoms with van der Waals surface area (Å²) in [5, 5.41) is 5.90. The van der Waals surface area contributed by atoms with Crippen LogP contribution in [0.1, 0.15) is 18.4 Å². The topological polar surface area (TPSA) is 62.8 Å². The van der Waals surface area contributed by atoms with Gasteiger partial charge in [-0.25, -0.2) is 4.79 Å². The van der Waals surface area contributed by atoms with Gasteiger partial charge in [-0.2, -0.15) is 0 Å². The maximum Gasteiger partial charge on any atom is 0.314 e. The molecule has 0 spiro atoms. The molecular weight excluding hydrogens is 366 g/mol. The normalized spacial score (nSPS) is 15.8. The predicted octanol–water partition coefficient (Wildman–Crippen LogP) is 3.60. The quantitative estimate of drug-likeness (QED) is 0.635. The van der Waals surface area contributed by atoms with Crippen LogP contribution >= 0.6 is 0 Å². The summed E-state index contributed by atoms with van der Waals surface area (Å²) in [5.74, 6) is 2.20. The Kier molecular flexibility index (Phi) is 7.61. The largest absolute Gasteiger partial charge is 0.497 e. The van der Waals surface area contributed by atoms with Gasteiger partial charge in [-0.1, -0.05) is 18.2 Å². The van der Waals surface area contributed by atoms with Crippen molar-refractivity contribution < 1.29 is 14.3 Å². The number of carbonyl (C=O) groups excluding carboxylic acids is 1. The minimum absolute atomic E-state index is 0.111. The van der Waals surface area contributed by atoms with E-state index in [0.29, 0.717) is 25.6 Å². The van der Waals surface area contributed by atoms with E-state index in [-0.39, 0.29) is 6.03 Å². The maximum absolute atomic E-state index is 12.0. The number of anilines is 1. The minimum atomic E-state index is -0.111. The van der Waals surface area contributed by atoms with Crippen LogP contribution in [0.15, 0.2) is 48.5 Å². The predicted molar refractivity (Wildman–Crippen MR) is 116 cm³/mol. The van der Waals surface area contributed by atoms with Crippen LogP contribution in [0, 0.1) is 12.8 Å². The summed E-state index contributed by atoms with van der Waals surface area (Å²) >= 11 is 0. The second-order valence-electron chi connectivity index (χ2n) is 7.46. The number of nitrogens with zero attached hydrogens (tertiary/aromatic N) is 1. The zero-order chi connectivity index (χ0) is 20.5. The molecule has 0 aliphatic carbocycles. The van der Waals surface area contributed by atoms with Crippen LogP contribution in [0.2, 0.25) is 0 Å². The SMILES string of the molecule is COc1cccc(N2CCC(CNC(=O)NCCCOc3cccc(C)c3)C2)c1. The fourth-order valence-corrected chi connectivity index (χ4v) is 3.51. The molecule has 1 aliphatic heterocycles. The van der Waals surface area contributed by atoms with Crippen molar-refractivity contribution >= 4 is 11.7 Å². The molecule has 6 nitrogen and oxygen atoms in total. The second-order valence-corrected chi connectivity index (χ2v) is 7.46. The van der Waals surface area contributed by atoms with Crippen molar-refractivity contribution in [3.8, 4) is 11.5 Å². The van der Waals surface area contributed by atoms with Gasteiger partial charge in [-0.05, 0) is 55.5 Å². The fraction of sp³-hybridized carbons (Fsp3) is 0.435.